The fourth-order valence-electron chi connectivity index (χ4n) is 0.383. The van der Waals surface area contributed by atoms with Crippen molar-refractivity contribution < 1.29 is 14.3 Å². The predicted octanol–water partition coefficient (Wildman–Crippen LogP) is -0.305. The number of aryl methyl sites for hydroxylation is 1. The molecule has 0 saturated carbocycles. The molecular formula is C4H4N2NaO3. The van der Waals surface area contributed by atoms with Crippen LogP contribution in [0.2, 0.25) is 0 Å². The van der Waals surface area contributed by atoms with Gasteiger partial charge in [0.15, 0.2) is 0 Å². The summed E-state index contributed by atoms with van der Waals surface area (Å²) in [6.45, 7) is 1.53. The zero-order valence-corrected chi connectivity index (χ0v) is 7.66. The minimum absolute atomic E-state index is 0. The molecule has 0 aromatic carbocycles. The summed E-state index contributed by atoms with van der Waals surface area (Å²) in [5, 5.41) is 14.7. The van der Waals surface area contributed by atoms with E-state index in [-0.39, 0.29) is 41.3 Å². The predicted molar refractivity (Wildman–Crippen MR) is 31.7 cm³/mol. The summed E-state index contributed by atoms with van der Waals surface area (Å²) in [7, 11) is 0. The molecule has 0 bridgehead atoms. The number of aromatic carboxylic acids is 1. The van der Waals surface area contributed by atoms with E-state index in [9.17, 15) is 4.79 Å². The molecule has 1 aromatic heterocycles. The molecular weight excluding hydrogens is 147 g/mol. The molecule has 0 saturated heterocycles. The van der Waals surface area contributed by atoms with E-state index in [1.807, 2.05) is 0 Å². The Balaban J connectivity index is 0.000000810. The van der Waals surface area contributed by atoms with Crippen molar-refractivity contribution in [2.24, 2.45) is 0 Å². The molecule has 0 fully saturated rings. The molecule has 0 amide bonds. The molecule has 0 aliphatic carbocycles. The van der Waals surface area contributed by atoms with Crippen molar-refractivity contribution in [3.05, 3.63) is 11.8 Å². The molecule has 0 unspecified atom stereocenters. The zero-order chi connectivity index (χ0) is 6.85. The Morgan fingerprint density at radius 1 is 1.60 bits per heavy atom. The number of carbonyl (C=O) groups is 1. The summed E-state index contributed by atoms with van der Waals surface area (Å²) in [5.74, 6) is -1.31. The zero-order valence-electron chi connectivity index (χ0n) is 5.66. The van der Waals surface area contributed by atoms with Crippen molar-refractivity contribution in [1.82, 2.24) is 10.2 Å². The number of carboxylic acids is 1. The van der Waals surface area contributed by atoms with Crippen molar-refractivity contribution in [3.8, 4) is 0 Å². The van der Waals surface area contributed by atoms with E-state index >= 15 is 0 Å². The third kappa shape index (κ3) is 2.09. The van der Waals surface area contributed by atoms with E-state index in [4.69, 9.17) is 5.11 Å². The molecule has 5 nitrogen and oxygen atoms in total. The van der Waals surface area contributed by atoms with Gasteiger partial charge in [0, 0.05) is 36.5 Å². The molecule has 1 heterocycles. The van der Waals surface area contributed by atoms with Crippen molar-refractivity contribution >= 4 is 35.5 Å². The topological polar surface area (TPSA) is 76.2 Å². The maximum atomic E-state index is 10.0. The van der Waals surface area contributed by atoms with Crippen LogP contribution >= 0.6 is 0 Å². The van der Waals surface area contributed by atoms with Gasteiger partial charge < -0.3 is 9.52 Å². The maximum absolute atomic E-state index is 10.0. The van der Waals surface area contributed by atoms with Crippen LogP contribution in [0.25, 0.3) is 0 Å². The van der Waals surface area contributed by atoms with Crippen LogP contribution in [-0.4, -0.2) is 50.8 Å². The van der Waals surface area contributed by atoms with Crippen molar-refractivity contribution in [1.29, 1.82) is 0 Å². The summed E-state index contributed by atoms with van der Waals surface area (Å²) in [6.07, 6.45) is 0. The number of aromatic nitrogens is 2. The average Bonchev–Trinajstić information content (AvgIpc) is 2.14. The Morgan fingerprint density at radius 3 is 2.40 bits per heavy atom. The molecule has 1 N–H and O–H groups in total. The SMILES string of the molecule is Cc1nnc(C(=O)O)o1.[Na]. The fourth-order valence-corrected chi connectivity index (χ4v) is 0.383. The van der Waals surface area contributed by atoms with Crippen molar-refractivity contribution in [2.45, 2.75) is 6.92 Å². The molecule has 1 rings (SSSR count). The van der Waals surface area contributed by atoms with E-state index in [0.29, 0.717) is 0 Å². The van der Waals surface area contributed by atoms with Gasteiger partial charge in [-0.3, -0.25) is 0 Å². The van der Waals surface area contributed by atoms with Gasteiger partial charge in [-0.05, 0) is 0 Å². The standard InChI is InChI=1S/C4H4N2O3.Na/c1-2-5-6-3(9-2)4(7)8;/h1H3,(H,7,8);. The van der Waals surface area contributed by atoms with Gasteiger partial charge in [0.2, 0.25) is 5.89 Å². The van der Waals surface area contributed by atoms with E-state index in [0.717, 1.165) is 0 Å². The van der Waals surface area contributed by atoms with Crippen molar-refractivity contribution in [3.63, 3.8) is 0 Å². The molecule has 10 heavy (non-hydrogen) atoms. The molecule has 1 aromatic rings. The quantitative estimate of drug-likeness (QED) is 0.557. The van der Waals surface area contributed by atoms with Gasteiger partial charge >= 0.3 is 11.9 Å². The molecule has 0 aliphatic heterocycles. The Kier molecular flexibility index (Phi) is 3.55. The molecule has 6 heteroatoms. The Bertz CT molecular complexity index is 234. The van der Waals surface area contributed by atoms with Gasteiger partial charge in [-0.15, -0.1) is 10.2 Å². The summed E-state index contributed by atoms with van der Waals surface area (Å²) in [4.78, 5) is 10.0. The second-order valence-corrected chi connectivity index (χ2v) is 1.43. The molecule has 1 radical (unpaired) electrons. The first kappa shape index (κ1) is 9.61. The smallest absolute Gasteiger partial charge is 0.393 e. The molecule has 49 valence electrons. The van der Waals surface area contributed by atoms with Crippen LogP contribution < -0.4 is 0 Å². The first-order valence-electron chi connectivity index (χ1n) is 2.23. The minimum atomic E-state index is -1.20. The third-order valence-electron chi connectivity index (χ3n) is 0.709. The van der Waals surface area contributed by atoms with E-state index in [2.05, 4.69) is 14.6 Å². The normalized spacial score (nSPS) is 8.50. The summed E-state index contributed by atoms with van der Waals surface area (Å²) >= 11 is 0. The van der Waals surface area contributed by atoms with Gasteiger partial charge in [-0.25, -0.2) is 4.79 Å². The first-order chi connectivity index (χ1) is 4.20. The number of carboxylic acid groups (broad SMARTS) is 1. The molecule has 0 spiro atoms. The van der Waals surface area contributed by atoms with Crippen LogP contribution in [0.5, 0.6) is 0 Å². The van der Waals surface area contributed by atoms with Crippen LogP contribution in [0.1, 0.15) is 16.6 Å². The Labute approximate surface area is 78.7 Å². The largest absolute Gasteiger partial charge is 0.474 e. The fraction of sp³-hybridized carbons (Fsp3) is 0.250. The van der Waals surface area contributed by atoms with Gasteiger partial charge in [-0.1, -0.05) is 0 Å². The second-order valence-electron chi connectivity index (χ2n) is 1.43. The maximum Gasteiger partial charge on any atom is 0.393 e. The van der Waals surface area contributed by atoms with Gasteiger partial charge in [-0.2, -0.15) is 0 Å². The Morgan fingerprint density at radius 2 is 2.20 bits per heavy atom. The number of nitrogens with zero attached hydrogens (tertiary/aromatic N) is 2. The van der Waals surface area contributed by atoms with Crippen molar-refractivity contribution in [2.75, 3.05) is 0 Å². The second kappa shape index (κ2) is 3.70. The van der Waals surface area contributed by atoms with Crippen LogP contribution in [0.3, 0.4) is 0 Å². The van der Waals surface area contributed by atoms with Gasteiger partial charge in [0.05, 0.1) is 0 Å². The average molecular weight is 151 g/mol. The minimum Gasteiger partial charge on any atom is -0.474 e. The van der Waals surface area contributed by atoms with Gasteiger partial charge in [0.1, 0.15) is 0 Å². The Hall–Kier alpha value is -0.390. The number of hydrogen-bond acceptors (Lipinski definition) is 4. The monoisotopic (exact) mass is 151 g/mol. The van der Waals surface area contributed by atoms with E-state index in [1.165, 1.54) is 6.92 Å². The van der Waals surface area contributed by atoms with Crippen LogP contribution in [0.15, 0.2) is 4.42 Å². The summed E-state index contributed by atoms with van der Waals surface area (Å²) in [5.41, 5.74) is 0. The number of hydrogen-bond donors (Lipinski definition) is 1. The molecule has 0 atom stereocenters. The van der Waals surface area contributed by atoms with E-state index in [1.54, 1.807) is 0 Å². The number of rotatable bonds is 1. The summed E-state index contributed by atoms with van der Waals surface area (Å²) < 4.78 is 4.52. The molecule has 0 aliphatic rings. The van der Waals surface area contributed by atoms with Crippen LogP contribution in [0.4, 0.5) is 0 Å². The van der Waals surface area contributed by atoms with E-state index < -0.39 is 5.97 Å². The van der Waals surface area contributed by atoms with Crippen LogP contribution in [0, 0.1) is 6.92 Å². The third-order valence-corrected chi connectivity index (χ3v) is 0.709. The summed E-state index contributed by atoms with van der Waals surface area (Å²) in [6, 6.07) is 0. The van der Waals surface area contributed by atoms with Gasteiger partial charge in [0.25, 0.3) is 0 Å². The van der Waals surface area contributed by atoms with Crippen LogP contribution in [-0.2, 0) is 0 Å². The first-order valence-corrected chi connectivity index (χ1v) is 2.23.